The third kappa shape index (κ3) is 3.93. The Bertz CT molecular complexity index is 875. The Balaban J connectivity index is 1.75. The number of rotatable bonds is 6. The minimum Gasteiger partial charge on any atom is -0.350 e. The predicted molar refractivity (Wildman–Crippen MR) is 93.6 cm³/mol. The molecule has 130 valence electrons. The molecule has 0 saturated carbocycles. The lowest BCUT2D eigenvalue weighted by molar-refractivity contribution is 0.0943. The molecule has 7 heteroatoms. The molecule has 0 bridgehead atoms. The van der Waals surface area contributed by atoms with Crippen molar-refractivity contribution in [3.63, 3.8) is 0 Å². The number of carbonyl (C=O) groups is 1. The average Bonchev–Trinajstić information content (AvgIpc) is 3.26. The van der Waals surface area contributed by atoms with Gasteiger partial charge >= 0.3 is 0 Å². The zero-order valence-corrected chi connectivity index (χ0v) is 14.4. The van der Waals surface area contributed by atoms with Gasteiger partial charge in [0, 0.05) is 23.5 Å². The van der Waals surface area contributed by atoms with E-state index in [1.165, 1.54) is 10.9 Å². The van der Waals surface area contributed by atoms with E-state index < -0.39 is 11.6 Å². The number of hydrogen-bond donors (Lipinski definition) is 1. The lowest BCUT2D eigenvalue weighted by atomic mass is 10.1. The van der Waals surface area contributed by atoms with Crippen LogP contribution >= 0.6 is 11.3 Å². The van der Waals surface area contributed by atoms with Crippen molar-refractivity contribution in [2.75, 3.05) is 6.54 Å². The zero-order chi connectivity index (χ0) is 17.8. The number of aryl methyl sites for hydroxylation is 1. The minimum absolute atomic E-state index is 0.236. The van der Waals surface area contributed by atoms with E-state index in [0.29, 0.717) is 30.0 Å². The fraction of sp³-hybridized carbons (Fsp3) is 0.222. The van der Waals surface area contributed by atoms with Crippen LogP contribution in [-0.4, -0.2) is 22.2 Å². The summed E-state index contributed by atoms with van der Waals surface area (Å²) in [6.07, 6.45) is 0.764. The molecule has 0 fully saturated rings. The van der Waals surface area contributed by atoms with Crippen LogP contribution < -0.4 is 5.32 Å². The van der Waals surface area contributed by atoms with Gasteiger partial charge < -0.3 is 5.32 Å². The second-order valence-corrected chi connectivity index (χ2v) is 6.48. The Hall–Kier alpha value is -2.54. The number of amides is 1. The molecule has 1 N–H and O–H groups in total. The van der Waals surface area contributed by atoms with Crippen molar-refractivity contribution in [3.8, 4) is 11.3 Å². The van der Waals surface area contributed by atoms with Gasteiger partial charge in [0.25, 0.3) is 5.91 Å². The third-order valence-electron chi connectivity index (χ3n) is 3.76. The van der Waals surface area contributed by atoms with E-state index in [0.717, 1.165) is 18.6 Å². The van der Waals surface area contributed by atoms with Crippen molar-refractivity contribution in [2.24, 2.45) is 0 Å². The second-order valence-electron chi connectivity index (χ2n) is 5.44. The van der Waals surface area contributed by atoms with Crippen molar-refractivity contribution in [1.82, 2.24) is 15.1 Å². The number of halogens is 2. The maximum absolute atomic E-state index is 13.4. The lowest BCUT2D eigenvalue weighted by Gasteiger charge is -2.05. The van der Waals surface area contributed by atoms with Gasteiger partial charge in [0.1, 0.15) is 5.69 Å². The number of thiophene rings is 1. The molecule has 0 spiro atoms. The van der Waals surface area contributed by atoms with Crippen LogP contribution in [-0.2, 0) is 13.0 Å². The van der Waals surface area contributed by atoms with Gasteiger partial charge in [-0.1, -0.05) is 6.07 Å². The Morgan fingerprint density at radius 2 is 2.08 bits per heavy atom. The van der Waals surface area contributed by atoms with E-state index in [1.807, 2.05) is 24.4 Å². The average molecular weight is 361 g/mol. The molecule has 0 saturated heterocycles. The Morgan fingerprint density at radius 3 is 2.76 bits per heavy atom. The molecule has 1 amide bonds. The molecule has 1 aromatic carbocycles. The van der Waals surface area contributed by atoms with Crippen LogP contribution in [0.3, 0.4) is 0 Å². The molecule has 2 aromatic heterocycles. The molecule has 0 unspecified atom stereocenters. The smallest absolute Gasteiger partial charge is 0.269 e. The summed E-state index contributed by atoms with van der Waals surface area (Å²) in [5, 5.41) is 9.19. The van der Waals surface area contributed by atoms with Crippen LogP contribution in [0.4, 0.5) is 8.78 Å². The van der Waals surface area contributed by atoms with Gasteiger partial charge in [-0.15, -0.1) is 11.3 Å². The van der Waals surface area contributed by atoms with Gasteiger partial charge in [0.05, 0.1) is 5.69 Å². The van der Waals surface area contributed by atoms with Gasteiger partial charge in [-0.25, -0.2) is 8.78 Å². The third-order valence-corrected chi connectivity index (χ3v) is 4.70. The summed E-state index contributed by atoms with van der Waals surface area (Å²) in [5.74, 6) is -2.09. The van der Waals surface area contributed by atoms with Crippen molar-refractivity contribution in [3.05, 3.63) is 64.0 Å². The standard InChI is InChI=1S/C18H17F2N3OS/c1-2-23-17(18(24)21-8-7-13-4-3-9-25-13)11-16(22-23)12-5-6-14(19)15(20)10-12/h3-6,9-11H,2,7-8H2,1H3,(H,21,24). The Labute approximate surface area is 148 Å². The van der Waals surface area contributed by atoms with Crippen LogP contribution in [0.5, 0.6) is 0 Å². The highest BCUT2D eigenvalue weighted by atomic mass is 32.1. The minimum atomic E-state index is -0.939. The highest BCUT2D eigenvalue weighted by Gasteiger charge is 2.16. The van der Waals surface area contributed by atoms with Gasteiger partial charge in [0.2, 0.25) is 0 Å². The highest BCUT2D eigenvalue weighted by molar-refractivity contribution is 7.09. The number of carbonyl (C=O) groups excluding carboxylic acids is 1. The SMILES string of the molecule is CCn1nc(-c2ccc(F)c(F)c2)cc1C(=O)NCCc1cccs1. The van der Waals surface area contributed by atoms with E-state index in [2.05, 4.69) is 10.4 Å². The molecule has 25 heavy (non-hydrogen) atoms. The molecule has 0 aliphatic rings. The summed E-state index contributed by atoms with van der Waals surface area (Å²) in [5.41, 5.74) is 1.26. The fourth-order valence-electron chi connectivity index (χ4n) is 2.48. The summed E-state index contributed by atoms with van der Waals surface area (Å²) in [7, 11) is 0. The van der Waals surface area contributed by atoms with Crippen LogP contribution in [0.1, 0.15) is 22.3 Å². The highest BCUT2D eigenvalue weighted by Crippen LogP contribution is 2.21. The fourth-order valence-corrected chi connectivity index (χ4v) is 3.19. The molecular weight excluding hydrogens is 344 g/mol. The normalized spacial score (nSPS) is 10.8. The first-order valence-corrected chi connectivity index (χ1v) is 8.80. The number of nitrogens with one attached hydrogen (secondary N) is 1. The monoisotopic (exact) mass is 361 g/mol. The lowest BCUT2D eigenvalue weighted by Crippen LogP contribution is -2.27. The predicted octanol–water partition coefficient (Wildman–Crippen LogP) is 3.88. The molecule has 0 radical (unpaired) electrons. The van der Waals surface area contributed by atoms with Crippen molar-refractivity contribution in [1.29, 1.82) is 0 Å². The maximum Gasteiger partial charge on any atom is 0.269 e. The van der Waals surface area contributed by atoms with Crippen molar-refractivity contribution < 1.29 is 13.6 Å². The quantitative estimate of drug-likeness (QED) is 0.724. The first kappa shape index (κ1) is 17.3. The van der Waals surface area contributed by atoms with Crippen molar-refractivity contribution in [2.45, 2.75) is 19.9 Å². The van der Waals surface area contributed by atoms with Crippen LogP contribution in [0.25, 0.3) is 11.3 Å². The molecule has 4 nitrogen and oxygen atoms in total. The Kier molecular flexibility index (Phi) is 5.23. The topological polar surface area (TPSA) is 46.9 Å². The zero-order valence-electron chi connectivity index (χ0n) is 13.6. The van der Waals surface area contributed by atoms with E-state index >= 15 is 0 Å². The van der Waals surface area contributed by atoms with Crippen LogP contribution in [0.2, 0.25) is 0 Å². The maximum atomic E-state index is 13.4. The number of nitrogens with zero attached hydrogens (tertiary/aromatic N) is 2. The second kappa shape index (κ2) is 7.57. The summed E-state index contributed by atoms with van der Waals surface area (Å²) in [6, 6.07) is 9.17. The first-order valence-electron chi connectivity index (χ1n) is 7.92. The number of benzene rings is 1. The largest absolute Gasteiger partial charge is 0.350 e. The summed E-state index contributed by atoms with van der Waals surface area (Å²) >= 11 is 1.65. The number of hydrogen-bond acceptors (Lipinski definition) is 3. The van der Waals surface area contributed by atoms with E-state index in [4.69, 9.17) is 0 Å². The van der Waals surface area contributed by atoms with E-state index in [-0.39, 0.29) is 5.91 Å². The molecule has 2 heterocycles. The molecular formula is C18H17F2N3OS. The molecule has 0 aliphatic heterocycles. The molecule has 0 atom stereocenters. The van der Waals surface area contributed by atoms with Gasteiger partial charge in [-0.05, 0) is 49.1 Å². The van der Waals surface area contributed by atoms with Gasteiger partial charge in [-0.3, -0.25) is 9.48 Å². The molecule has 0 aliphatic carbocycles. The summed E-state index contributed by atoms with van der Waals surface area (Å²) in [4.78, 5) is 13.6. The number of aromatic nitrogens is 2. The summed E-state index contributed by atoms with van der Waals surface area (Å²) in [6.45, 7) is 2.89. The van der Waals surface area contributed by atoms with E-state index in [9.17, 15) is 13.6 Å². The summed E-state index contributed by atoms with van der Waals surface area (Å²) < 4.78 is 28.1. The van der Waals surface area contributed by atoms with Crippen LogP contribution in [0, 0.1) is 11.6 Å². The Morgan fingerprint density at radius 1 is 1.24 bits per heavy atom. The van der Waals surface area contributed by atoms with Gasteiger partial charge in [-0.2, -0.15) is 5.10 Å². The molecule has 3 aromatic rings. The van der Waals surface area contributed by atoms with E-state index in [1.54, 1.807) is 22.1 Å². The van der Waals surface area contributed by atoms with Gasteiger partial charge in [0.15, 0.2) is 11.6 Å². The van der Waals surface area contributed by atoms with Crippen molar-refractivity contribution >= 4 is 17.2 Å². The molecule has 3 rings (SSSR count). The van der Waals surface area contributed by atoms with Crippen LogP contribution in [0.15, 0.2) is 41.8 Å². The first-order chi connectivity index (χ1) is 12.1.